The molecule has 0 saturated heterocycles. The lowest BCUT2D eigenvalue weighted by Gasteiger charge is -2.01. The predicted octanol–water partition coefficient (Wildman–Crippen LogP) is 1.61. The molecule has 0 aromatic carbocycles. The second-order valence-electron chi connectivity index (χ2n) is 3.36. The minimum Gasteiger partial charge on any atom is -0.477 e. The van der Waals surface area contributed by atoms with E-state index >= 15 is 0 Å². The Balaban J connectivity index is 2.96. The minimum absolute atomic E-state index is 0.0245. The molecule has 5 nitrogen and oxygen atoms in total. The number of aromatic carboxylic acids is 1. The van der Waals surface area contributed by atoms with Gasteiger partial charge in [-0.3, -0.25) is 0 Å². The van der Waals surface area contributed by atoms with E-state index in [0.29, 0.717) is 12.0 Å². The van der Waals surface area contributed by atoms with Gasteiger partial charge in [-0.2, -0.15) is 0 Å². The van der Waals surface area contributed by atoms with E-state index in [9.17, 15) is 13.2 Å². The molecule has 1 aromatic heterocycles. The van der Waals surface area contributed by atoms with Crippen LogP contribution in [-0.4, -0.2) is 26.0 Å². The summed E-state index contributed by atoms with van der Waals surface area (Å²) in [6.45, 7) is 5.31. The van der Waals surface area contributed by atoms with Gasteiger partial charge < -0.3 is 5.11 Å². The molecule has 0 fully saturated rings. The number of carboxylic acids is 1. The van der Waals surface area contributed by atoms with Crippen LogP contribution in [0.15, 0.2) is 22.9 Å². The van der Waals surface area contributed by atoms with Crippen molar-refractivity contribution in [3.05, 3.63) is 29.2 Å². The Kier molecular flexibility index (Phi) is 4.44. The molecule has 17 heavy (non-hydrogen) atoms. The van der Waals surface area contributed by atoms with Gasteiger partial charge in [-0.05, 0) is 25.0 Å². The van der Waals surface area contributed by atoms with E-state index in [1.165, 1.54) is 6.07 Å². The summed E-state index contributed by atoms with van der Waals surface area (Å²) in [4.78, 5) is 10.9. The normalized spacial score (nSPS) is 11.4. The average molecular weight is 275 g/mol. The molecular weight excluding hydrogens is 262 g/mol. The number of hydrogen-bond donors (Lipinski definition) is 2. The minimum atomic E-state index is -3.61. The molecule has 0 radical (unpaired) electrons. The molecule has 2 N–H and O–H groups in total. The van der Waals surface area contributed by atoms with Crippen LogP contribution in [-0.2, 0) is 10.0 Å². The molecule has 0 amide bonds. The summed E-state index contributed by atoms with van der Waals surface area (Å²) in [5.41, 5.74) is 0.451. The summed E-state index contributed by atoms with van der Waals surface area (Å²) in [5.74, 6) is -1.11. The zero-order chi connectivity index (χ0) is 13.1. The molecular formula is C10H13NO4S2. The number of thiophene rings is 1. The van der Waals surface area contributed by atoms with E-state index in [-0.39, 0.29) is 15.6 Å². The summed E-state index contributed by atoms with van der Waals surface area (Å²) in [7, 11) is -3.61. The molecule has 1 rings (SSSR count). The van der Waals surface area contributed by atoms with E-state index in [4.69, 9.17) is 5.11 Å². The zero-order valence-electron chi connectivity index (χ0n) is 9.26. The van der Waals surface area contributed by atoms with Gasteiger partial charge in [-0.1, -0.05) is 6.08 Å². The molecule has 0 unspecified atom stereocenters. The van der Waals surface area contributed by atoms with Gasteiger partial charge in [0.2, 0.25) is 10.0 Å². The summed E-state index contributed by atoms with van der Waals surface area (Å²) >= 11 is 0.757. The highest BCUT2D eigenvalue weighted by Crippen LogP contribution is 2.25. The van der Waals surface area contributed by atoms with Gasteiger partial charge in [0, 0.05) is 6.54 Å². The van der Waals surface area contributed by atoms with Gasteiger partial charge >= 0.3 is 5.97 Å². The molecule has 94 valence electrons. The van der Waals surface area contributed by atoms with Crippen LogP contribution in [0.5, 0.6) is 0 Å². The maximum absolute atomic E-state index is 11.8. The van der Waals surface area contributed by atoms with Crippen LogP contribution in [0.1, 0.15) is 21.7 Å². The molecule has 0 bridgehead atoms. The Bertz CT molecular complexity index is 531. The standard InChI is InChI=1S/C10H13NO4S2/c1-3-4-5-11-17(14,15)8-6-7(2)9(16-8)10(12)13/h3,6,11H,1,4-5H2,2H3,(H,12,13). The quantitative estimate of drug-likeness (QED) is 0.610. The third-order valence-corrected chi connectivity index (χ3v) is 5.15. The molecule has 1 aromatic rings. The maximum atomic E-state index is 11.8. The number of sulfonamides is 1. The van der Waals surface area contributed by atoms with Gasteiger partial charge in [0.15, 0.2) is 0 Å². The fraction of sp³-hybridized carbons (Fsp3) is 0.300. The van der Waals surface area contributed by atoms with Gasteiger partial charge in [0.1, 0.15) is 9.09 Å². The lowest BCUT2D eigenvalue weighted by atomic mass is 10.3. The first kappa shape index (κ1) is 13.9. The lowest BCUT2D eigenvalue weighted by molar-refractivity contribution is 0.0701. The van der Waals surface area contributed by atoms with Crippen molar-refractivity contribution in [2.45, 2.75) is 17.6 Å². The number of carboxylic acid groups (broad SMARTS) is 1. The van der Waals surface area contributed by atoms with E-state index in [2.05, 4.69) is 11.3 Å². The summed E-state index contributed by atoms with van der Waals surface area (Å²) in [6, 6.07) is 1.37. The third-order valence-electron chi connectivity index (χ3n) is 1.99. The van der Waals surface area contributed by atoms with Gasteiger partial charge in [0.25, 0.3) is 0 Å². The number of hydrogen-bond acceptors (Lipinski definition) is 4. The Morgan fingerprint density at radius 3 is 2.76 bits per heavy atom. The van der Waals surface area contributed by atoms with Crippen LogP contribution >= 0.6 is 11.3 Å². The van der Waals surface area contributed by atoms with Crippen molar-refractivity contribution >= 4 is 27.3 Å². The molecule has 0 atom stereocenters. The Hall–Kier alpha value is -1.18. The topological polar surface area (TPSA) is 83.5 Å². The summed E-state index contributed by atoms with van der Waals surface area (Å²) < 4.78 is 25.9. The maximum Gasteiger partial charge on any atom is 0.346 e. The second-order valence-corrected chi connectivity index (χ2v) is 6.40. The van der Waals surface area contributed by atoms with Crippen LogP contribution < -0.4 is 4.72 Å². The first-order valence-electron chi connectivity index (χ1n) is 4.82. The third kappa shape index (κ3) is 3.39. The highest BCUT2D eigenvalue weighted by atomic mass is 32.2. The lowest BCUT2D eigenvalue weighted by Crippen LogP contribution is -2.23. The Morgan fingerprint density at radius 1 is 1.65 bits per heavy atom. The van der Waals surface area contributed by atoms with Gasteiger partial charge in [-0.15, -0.1) is 17.9 Å². The Morgan fingerprint density at radius 2 is 2.29 bits per heavy atom. The molecule has 1 heterocycles. The van der Waals surface area contributed by atoms with Crippen molar-refractivity contribution in [3.63, 3.8) is 0 Å². The predicted molar refractivity (Wildman–Crippen MR) is 66.0 cm³/mol. The smallest absolute Gasteiger partial charge is 0.346 e. The summed E-state index contributed by atoms with van der Waals surface area (Å²) in [5, 5.41) is 8.84. The van der Waals surface area contributed by atoms with Crippen LogP contribution in [0.4, 0.5) is 0 Å². The van der Waals surface area contributed by atoms with Crippen molar-refractivity contribution in [3.8, 4) is 0 Å². The highest BCUT2D eigenvalue weighted by Gasteiger charge is 2.20. The first-order chi connectivity index (χ1) is 7.88. The van der Waals surface area contributed by atoms with E-state index in [1.807, 2.05) is 0 Å². The number of rotatable bonds is 6. The fourth-order valence-electron chi connectivity index (χ4n) is 1.16. The van der Waals surface area contributed by atoms with Crippen molar-refractivity contribution < 1.29 is 18.3 Å². The van der Waals surface area contributed by atoms with Crippen molar-refractivity contribution in [1.29, 1.82) is 0 Å². The SMILES string of the molecule is C=CCCNS(=O)(=O)c1cc(C)c(C(=O)O)s1. The Labute approximate surface area is 104 Å². The molecule has 0 aliphatic heterocycles. The van der Waals surface area contributed by atoms with Crippen molar-refractivity contribution in [2.24, 2.45) is 0 Å². The van der Waals surface area contributed by atoms with E-state index in [0.717, 1.165) is 11.3 Å². The highest BCUT2D eigenvalue weighted by molar-refractivity contribution is 7.91. The molecule has 0 spiro atoms. The van der Waals surface area contributed by atoms with E-state index in [1.54, 1.807) is 13.0 Å². The van der Waals surface area contributed by atoms with Crippen LogP contribution in [0.25, 0.3) is 0 Å². The number of aryl methyl sites for hydroxylation is 1. The van der Waals surface area contributed by atoms with Crippen LogP contribution in [0.2, 0.25) is 0 Å². The van der Waals surface area contributed by atoms with Crippen molar-refractivity contribution in [1.82, 2.24) is 4.72 Å². The number of carbonyl (C=O) groups is 1. The molecule has 0 aliphatic rings. The second kappa shape index (κ2) is 5.44. The van der Waals surface area contributed by atoms with Crippen LogP contribution in [0, 0.1) is 6.92 Å². The monoisotopic (exact) mass is 275 g/mol. The molecule has 0 aliphatic carbocycles. The fourth-order valence-corrected chi connectivity index (χ4v) is 3.63. The number of nitrogens with one attached hydrogen (secondary N) is 1. The first-order valence-corrected chi connectivity index (χ1v) is 7.12. The van der Waals surface area contributed by atoms with Gasteiger partial charge in [-0.25, -0.2) is 17.9 Å². The average Bonchev–Trinajstić information content (AvgIpc) is 2.61. The molecule has 7 heteroatoms. The zero-order valence-corrected chi connectivity index (χ0v) is 10.9. The van der Waals surface area contributed by atoms with Gasteiger partial charge in [0.05, 0.1) is 0 Å². The summed E-state index contributed by atoms with van der Waals surface area (Å²) in [6.07, 6.45) is 2.13. The molecule has 0 saturated carbocycles. The van der Waals surface area contributed by atoms with E-state index < -0.39 is 16.0 Å². The largest absolute Gasteiger partial charge is 0.477 e. The van der Waals surface area contributed by atoms with Crippen LogP contribution in [0.3, 0.4) is 0 Å². The van der Waals surface area contributed by atoms with Crippen molar-refractivity contribution in [2.75, 3.05) is 6.54 Å².